The molecule has 0 spiro atoms. The highest BCUT2D eigenvalue weighted by molar-refractivity contribution is 7.14. The molecule has 0 bridgehead atoms. The molecule has 0 saturated carbocycles. The van der Waals surface area contributed by atoms with Gasteiger partial charge in [-0.3, -0.25) is 4.79 Å². The third-order valence-electron chi connectivity index (χ3n) is 2.86. The van der Waals surface area contributed by atoms with E-state index in [1.54, 1.807) is 0 Å². The summed E-state index contributed by atoms with van der Waals surface area (Å²) in [5.41, 5.74) is 3.13. The van der Waals surface area contributed by atoms with Crippen LogP contribution in [0.15, 0.2) is 29.6 Å². The number of nitrogens with one attached hydrogen (secondary N) is 1. The van der Waals surface area contributed by atoms with Gasteiger partial charge in [-0.05, 0) is 11.5 Å². The average Bonchev–Trinajstić information content (AvgIpc) is 2.87. The Hall–Kier alpha value is -2.19. The van der Waals surface area contributed by atoms with E-state index in [2.05, 4.69) is 36.3 Å². The fourth-order valence-electron chi connectivity index (χ4n) is 1.74. The lowest BCUT2D eigenvalue weighted by Crippen LogP contribution is -2.09. The van der Waals surface area contributed by atoms with Crippen molar-refractivity contribution < 1.29 is 4.79 Å². The van der Waals surface area contributed by atoms with E-state index in [1.165, 1.54) is 16.9 Å². The second-order valence-corrected chi connectivity index (χ2v) is 5.56. The topological polar surface area (TPSA) is 65.8 Å². The summed E-state index contributed by atoms with van der Waals surface area (Å²) in [6.07, 6.45) is -0.155. The van der Waals surface area contributed by atoms with Crippen molar-refractivity contribution in [3.05, 3.63) is 35.2 Å². The molecule has 1 heterocycles. The van der Waals surface area contributed by atoms with E-state index in [0.29, 0.717) is 11.0 Å². The number of hydrogen-bond acceptors (Lipinski definition) is 4. The fourth-order valence-corrected chi connectivity index (χ4v) is 2.47. The molecule has 0 aliphatic rings. The Balaban J connectivity index is 2.12. The molecule has 0 atom stereocenters. The Kier molecular flexibility index (Phi) is 4.49. The first-order valence-electron chi connectivity index (χ1n) is 6.33. The second-order valence-electron chi connectivity index (χ2n) is 4.70. The van der Waals surface area contributed by atoms with E-state index in [1.807, 2.05) is 23.6 Å². The molecule has 0 radical (unpaired) electrons. The summed E-state index contributed by atoms with van der Waals surface area (Å²) in [6.45, 7) is 4.31. The Morgan fingerprint density at radius 2 is 2.10 bits per heavy atom. The van der Waals surface area contributed by atoms with Crippen LogP contribution in [-0.4, -0.2) is 10.9 Å². The van der Waals surface area contributed by atoms with Gasteiger partial charge >= 0.3 is 0 Å². The average molecular weight is 285 g/mol. The predicted octanol–water partition coefficient (Wildman–Crippen LogP) is 3.79. The molecule has 4 nitrogen and oxygen atoms in total. The van der Waals surface area contributed by atoms with Gasteiger partial charge in [-0.25, -0.2) is 4.98 Å². The quantitative estimate of drug-likeness (QED) is 0.929. The molecular formula is C15H15N3OS. The van der Waals surface area contributed by atoms with Crippen molar-refractivity contribution >= 4 is 22.4 Å². The minimum atomic E-state index is -0.330. The summed E-state index contributed by atoms with van der Waals surface area (Å²) in [7, 11) is 0. The van der Waals surface area contributed by atoms with Gasteiger partial charge in [-0.2, -0.15) is 5.26 Å². The molecule has 2 aromatic rings. The Bertz CT molecular complexity index is 638. The maximum Gasteiger partial charge on any atom is 0.240 e. The van der Waals surface area contributed by atoms with Crippen molar-refractivity contribution in [2.45, 2.75) is 26.2 Å². The monoisotopic (exact) mass is 285 g/mol. The zero-order chi connectivity index (χ0) is 14.5. The molecule has 0 saturated heterocycles. The number of benzene rings is 1. The van der Waals surface area contributed by atoms with E-state index in [0.717, 1.165) is 11.3 Å². The number of amides is 1. The molecule has 2 rings (SSSR count). The van der Waals surface area contributed by atoms with Crippen LogP contribution >= 0.6 is 11.3 Å². The van der Waals surface area contributed by atoms with E-state index in [4.69, 9.17) is 5.26 Å². The van der Waals surface area contributed by atoms with E-state index in [9.17, 15) is 4.79 Å². The minimum absolute atomic E-state index is 0.155. The molecule has 20 heavy (non-hydrogen) atoms. The molecule has 0 fully saturated rings. The van der Waals surface area contributed by atoms with Crippen LogP contribution in [0.3, 0.4) is 0 Å². The van der Waals surface area contributed by atoms with Crippen molar-refractivity contribution in [2.24, 2.45) is 0 Å². The standard InChI is InChI=1S/C15H15N3OS/c1-10(2)11-3-5-12(6-4-11)13-9-20-15(17-13)18-14(19)7-8-16/h3-6,9-10H,7H2,1-2H3,(H,17,18,19). The molecule has 0 aliphatic heterocycles. The number of nitrogens with zero attached hydrogens (tertiary/aromatic N) is 2. The number of aromatic nitrogens is 1. The second kappa shape index (κ2) is 6.31. The number of rotatable bonds is 4. The third-order valence-corrected chi connectivity index (χ3v) is 3.62. The van der Waals surface area contributed by atoms with Gasteiger partial charge in [0.1, 0.15) is 6.42 Å². The molecule has 0 aliphatic carbocycles. The SMILES string of the molecule is CC(C)c1ccc(-c2csc(NC(=O)CC#N)n2)cc1. The molecule has 1 aromatic heterocycles. The maximum absolute atomic E-state index is 11.3. The first kappa shape index (κ1) is 14.2. The summed E-state index contributed by atoms with van der Waals surface area (Å²) in [5, 5.41) is 13.5. The highest BCUT2D eigenvalue weighted by Gasteiger charge is 2.08. The summed E-state index contributed by atoms with van der Waals surface area (Å²) in [4.78, 5) is 15.7. The number of anilines is 1. The maximum atomic E-state index is 11.3. The van der Waals surface area contributed by atoms with Crippen LogP contribution < -0.4 is 5.32 Å². The van der Waals surface area contributed by atoms with Crippen molar-refractivity contribution in [3.63, 3.8) is 0 Å². The molecule has 1 amide bonds. The van der Waals surface area contributed by atoms with Crippen LogP contribution in [0.5, 0.6) is 0 Å². The number of carbonyl (C=O) groups is 1. The highest BCUT2D eigenvalue weighted by atomic mass is 32.1. The van der Waals surface area contributed by atoms with Crippen molar-refractivity contribution in [1.29, 1.82) is 5.26 Å². The van der Waals surface area contributed by atoms with E-state index >= 15 is 0 Å². The summed E-state index contributed by atoms with van der Waals surface area (Å²) >= 11 is 1.36. The lowest BCUT2D eigenvalue weighted by Gasteiger charge is -2.05. The van der Waals surface area contributed by atoms with Crippen LogP contribution in [0.4, 0.5) is 5.13 Å². The van der Waals surface area contributed by atoms with Crippen LogP contribution in [-0.2, 0) is 4.79 Å². The number of carbonyl (C=O) groups excluding carboxylic acids is 1. The van der Waals surface area contributed by atoms with Gasteiger partial charge in [-0.1, -0.05) is 38.1 Å². The van der Waals surface area contributed by atoms with Crippen LogP contribution in [0.2, 0.25) is 0 Å². The third kappa shape index (κ3) is 3.43. The van der Waals surface area contributed by atoms with Gasteiger partial charge < -0.3 is 5.32 Å². The Labute approximate surface area is 122 Å². The van der Waals surface area contributed by atoms with Gasteiger partial charge in [0.05, 0.1) is 11.8 Å². The Morgan fingerprint density at radius 3 is 2.70 bits per heavy atom. The van der Waals surface area contributed by atoms with Gasteiger partial charge in [0, 0.05) is 10.9 Å². The Morgan fingerprint density at radius 1 is 1.40 bits per heavy atom. The summed E-state index contributed by atoms with van der Waals surface area (Å²) < 4.78 is 0. The molecule has 1 aromatic carbocycles. The van der Waals surface area contributed by atoms with Gasteiger partial charge in [-0.15, -0.1) is 11.3 Å². The van der Waals surface area contributed by atoms with Gasteiger partial charge in [0.15, 0.2) is 5.13 Å². The van der Waals surface area contributed by atoms with Gasteiger partial charge in [0.25, 0.3) is 0 Å². The summed E-state index contributed by atoms with van der Waals surface area (Å²) in [6, 6.07) is 10.1. The predicted molar refractivity (Wildman–Crippen MR) is 80.5 cm³/mol. The van der Waals surface area contributed by atoms with E-state index < -0.39 is 0 Å². The molecule has 0 unspecified atom stereocenters. The van der Waals surface area contributed by atoms with Crippen molar-refractivity contribution in [1.82, 2.24) is 4.98 Å². The van der Waals surface area contributed by atoms with Gasteiger partial charge in [0.2, 0.25) is 5.91 Å². The lowest BCUT2D eigenvalue weighted by atomic mass is 10.0. The number of nitriles is 1. The molecule has 5 heteroatoms. The molecule has 1 N–H and O–H groups in total. The largest absolute Gasteiger partial charge is 0.301 e. The fraction of sp³-hybridized carbons (Fsp3) is 0.267. The van der Waals surface area contributed by atoms with Crippen LogP contribution in [0, 0.1) is 11.3 Å². The minimum Gasteiger partial charge on any atom is -0.301 e. The van der Waals surface area contributed by atoms with E-state index in [-0.39, 0.29) is 12.3 Å². The molecule has 102 valence electrons. The highest BCUT2D eigenvalue weighted by Crippen LogP contribution is 2.26. The van der Waals surface area contributed by atoms with Crippen molar-refractivity contribution in [2.75, 3.05) is 5.32 Å². The zero-order valence-electron chi connectivity index (χ0n) is 11.4. The number of thiazole rings is 1. The van der Waals surface area contributed by atoms with Crippen molar-refractivity contribution in [3.8, 4) is 17.3 Å². The zero-order valence-corrected chi connectivity index (χ0v) is 12.2. The van der Waals surface area contributed by atoms with Crippen LogP contribution in [0.1, 0.15) is 31.7 Å². The lowest BCUT2D eigenvalue weighted by molar-refractivity contribution is -0.115. The van der Waals surface area contributed by atoms with Crippen LogP contribution in [0.25, 0.3) is 11.3 Å². The summed E-state index contributed by atoms with van der Waals surface area (Å²) in [5.74, 6) is 0.170. The smallest absolute Gasteiger partial charge is 0.240 e. The first-order valence-corrected chi connectivity index (χ1v) is 7.20. The number of hydrogen-bond donors (Lipinski definition) is 1. The normalized spacial score (nSPS) is 10.3. The molecular weight excluding hydrogens is 270 g/mol. The first-order chi connectivity index (χ1) is 9.60.